The number of phenolic OH excluding ortho intramolecular Hbond substituents is 2. The molecule has 0 atom stereocenters. The van der Waals surface area contributed by atoms with Crippen molar-refractivity contribution in [2.75, 3.05) is 22.9 Å². The van der Waals surface area contributed by atoms with E-state index in [9.17, 15) is 15.0 Å². The lowest BCUT2D eigenvalue weighted by atomic mass is 9.82. The van der Waals surface area contributed by atoms with Crippen molar-refractivity contribution in [2.24, 2.45) is 0 Å². The van der Waals surface area contributed by atoms with E-state index in [0.717, 1.165) is 67.4 Å². The largest absolute Gasteiger partial charge is 0.508 e. The van der Waals surface area contributed by atoms with Crippen LogP contribution in [0.5, 0.6) is 11.5 Å². The van der Waals surface area contributed by atoms with E-state index in [1.54, 1.807) is 0 Å². The fourth-order valence-corrected chi connectivity index (χ4v) is 6.75. The first-order valence-electron chi connectivity index (χ1n) is 13.1. The molecule has 0 saturated heterocycles. The average molecular weight is 487 g/mol. The fraction of sp³-hybridized carbons (Fsp3) is 0.452. The predicted molar refractivity (Wildman–Crippen MR) is 148 cm³/mol. The first kappa shape index (κ1) is 24.5. The van der Waals surface area contributed by atoms with Crippen molar-refractivity contribution >= 4 is 28.8 Å². The standard InChI is InChI=1S/C16H19NO2.C15H19NO/c1-10-8-16(2,3)17-6-4-5-12-14(17)13(10)7-11(9-18)15(12)19;1-10-9-15(2,3)16-8-4-5-12-13(17)7-6-11(10)14(12)16/h7-9,19H,4-6H2,1-3H3;6-7,9,17H,4-5,8H2,1-3H3. The quantitative estimate of drug-likeness (QED) is 0.451. The maximum atomic E-state index is 11.1. The first-order chi connectivity index (χ1) is 17.0. The van der Waals surface area contributed by atoms with Gasteiger partial charge in [-0.25, -0.2) is 0 Å². The monoisotopic (exact) mass is 486 g/mol. The second-order valence-corrected chi connectivity index (χ2v) is 11.7. The Morgan fingerprint density at radius 1 is 0.806 bits per heavy atom. The predicted octanol–water partition coefficient (Wildman–Crippen LogP) is 6.49. The molecule has 5 nitrogen and oxygen atoms in total. The molecule has 36 heavy (non-hydrogen) atoms. The van der Waals surface area contributed by atoms with Crippen LogP contribution < -0.4 is 9.80 Å². The van der Waals surface area contributed by atoms with Gasteiger partial charge in [0.05, 0.1) is 28.0 Å². The Kier molecular flexibility index (Phi) is 5.73. The number of nitrogens with zero attached hydrogens (tertiary/aromatic N) is 2. The van der Waals surface area contributed by atoms with Gasteiger partial charge in [-0.15, -0.1) is 0 Å². The highest BCUT2D eigenvalue weighted by Gasteiger charge is 2.37. The van der Waals surface area contributed by atoms with Crippen LogP contribution >= 0.6 is 0 Å². The summed E-state index contributed by atoms with van der Waals surface area (Å²) in [5, 5.41) is 20.3. The van der Waals surface area contributed by atoms with Crippen molar-refractivity contribution < 1.29 is 15.0 Å². The van der Waals surface area contributed by atoms with E-state index in [0.29, 0.717) is 11.3 Å². The Labute approximate surface area is 214 Å². The second kappa shape index (κ2) is 8.43. The zero-order chi connectivity index (χ0) is 26.0. The molecule has 4 heterocycles. The van der Waals surface area contributed by atoms with Gasteiger partial charge in [-0.3, -0.25) is 4.79 Å². The molecule has 2 aromatic carbocycles. The van der Waals surface area contributed by atoms with Crippen LogP contribution in [0.1, 0.15) is 87.0 Å². The molecule has 4 aliphatic rings. The number of phenols is 2. The molecule has 4 aliphatic heterocycles. The summed E-state index contributed by atoms with van der Waals surface area (Å²) in [7, 11) is 0. The molecular weight excluding hydrogens is 448 g/mol. The minimum Gasteiger partial charge on any atom is -0.508 e. The second-order valence-electron chi connectivity index (χ2n) is 11.7. The van der Waals surface area contributed by atoms with Gasteiger partial charge in [0.15, 0.2) is 6.29 Å². The summed E-state index contributed by atoms with van der Waals surface area (Å²) < 4.78 is 0. The lowest BCUT2D eigenvalue weighted by molar-refractivity contribution is 0.112. The van der Waals surface area contributed by atoms with Gasteiger partial charge in [0.25, 0.3) is 0 Å². The number of aldehydes is 1. The average Bonchev–Trinajstić information content (AvgIpc) is 2.82. The molecule has 0 saturated carbocycles. The number of rotatable bonds is 1. The highest BCUT2D eigenvalue weighted by atomic mass is 16.3. The van der Waals surface area contributed by atoms with Crippen LogP contribution in [0.3, 0.4) is 0 Å². The summed E-state index contributed by atoms with van der Waals surface area (Å²) in [4.78, 5) is 15.9. The molecule has 190 valence electrons. The summed E-state index contributed by atoms with van der Waals surface area (Å²) in [5.41, 5.74) is 9.77. The summed E-state index contributed by atoms with van der Waals surface area (Å²) in [6.45, 7) is 15.2. The van der Waals surface area contributed by atoms with Crippen molar-refractivity contribution in [1.82, 2.24) is 0 Å². The van der Waals surface area contributed by atoms with Crippen LogP contribution in [0.25, 0.3) is 11.1 Å². The van der Waals surface area contributed by atoms with Crippen LogP contribution in [0, 0.1) is 0 Å². The zero-order valence-electron chi connectivity index (χ0n) is 22.4. The smallest absolute Gasteiger partial charge is 0.153 e. The van der Waals surface area contributed by atoms with E-state index in [1.165, 1.54) is 22.4 Å². The van der Waals surface area contributed by atoms with Gasteiger partial charge >= 0.3 is 0 Å². The summed E-state index contributed by atoms with van der Waals surface area (Å²) in [5.74, 6) is 0.628. The van der Waals surface area contributed by atoms with Gasteiger partial charge < -0.3 is 20.0 Å². The van der Waals surface area contributed by atoms with Crippen LogP contribution in [0.2, 0.25) is 0 Å². The third-order valence-electron chi connectivity index (χ3n) is 8.32. The summed E-state index contributed by atoms with van der Waals surface area (Å²) in [6, 6.07) is 5.71. The van der Waals surface area contributed by atoms with Crippen molar-refractivity contribution in [3.63, 3.8) is 0 Å². The third kappa shape index (κ3) is 3.71. The van der Waals surface area contributed by atoms with E-state index < -0.39 is 0 Å². The van der Waals surface area contributed by atoms with Crippen LogP contribution in [-0.4, -0.2) is 40.7 Å². The highest BCUT2D eigenvalue weighted by molar-refractivity contribution is 5.92. The van der Waals surface area contributed by atoms with Gasteiger partial charge in [0.1, 0.15) is 11.5 Å². The SMILES string of the molecule is CC1=CC(C)(C)N2CCCc3c(O)c(C=O)cc1c32.CC1=CC(C)(C)N2CCCc3c(O)ccc1c32. The molecule has 0 spiro atoms. The van der Waals surface area contributed by atoms with E-state index in [1.807, 2.05) is 18.2 Å². The van der Waals surface area contributed by atoms with E-state index in [4.69, 9.17) is 0 Å². The molecule has 0 unspecified atom stereocenters. The van der Waals surface area contributed by atoms with Gasteiger partial charge in [-0.05, 0) is 96.6 Å². The molecule has 0 bridgehead atoms. The molecule has 0 aromatic heterocycles. The number of hydrogen-bond donors (Lipinski definition) is 2. The zero-order valence-corrected chi connectivity index (χ0v) is 22.4. The van der Waals surface area contributed by atoms with Crippen molar-refractivity contribution in [1.29, 1.82) is 0 Å². The molecule has 0 aliphatic carbocycles. The minimum absolute atomic E-state index is 0.0403. The molecule has 6 rings (SSSR count). The molecule has 2 aromatic rings. The molecule has 0 radical (unpaired) electrons. The molecule has 2 N–H and O–H groups in total. The molecule has 0 fully saturated rings. The summed E-state index contributed by atoms with van der Waals surface area (Å²) in [6.07, 6.45) is 9.30. The van der Waals surface area contributed by atoms with Crippen LogP contribution in [0.15, 0.2) is 30.4 Å². The Morgan fingerprint density at radius 3 is 1.92 bits per heavy atom. The summed E-state index contributed by atoms with van der Waals surface area (Å²) >= 11 is 0. The minimum atomic E-state index is -0.0403. The van der Waals surface area contributed by atoms with E-state index >= 15 is 0 Å². The fourth-order valence-electron chi connectivity index (χ4n) is 6.75. The molecule has 5 heteroatoms. The Morgan fingerprint density at radius 2 is 1.33 bits per heavy atom. The number of hydrogen-bond acceptors (Lipinski definition) is 5. The number of carbonyl (C=O) groups excluding carboxylic acids is 1. The van der Waals surface area contributed by atoms with Crippen molar-refractivity contribution in [2.45, 2.75) is 78.3 Å². The highest BCUT2D eigenvalue weighted by Crippen LogP contribution is 2.48. The van der Waals surface area contributed by atoms with E-state index in [2.05, 4.69) is 63.5 Å². The Hall–Kier alpha value is -3.21. The van der Waals surface area contributed by atoms with Gasteiger partial charge in [-0.2, -0.15) is 0 Å². The van der Waals surface area contributed by atoms with Crippen molar-refractivity contribution in [3.8, 4) is 11.5 Å². The lowest BCUT2D eigenvalue weighted by Gasteiger charge is -2.46. The van der Waals surface area contributed by atoms with Gasteiger partial charge in [0.2, 0.25) is 0 Å². The van der Waals surface area contributed by atoms with Crippen molar-refractivity contribution in [3.05, 3.63) is 58.2 Å². The topological polar surface area (TPSA) is 64.0 Å². The number of allylic oxidation sites excluding steroid dienone is 2. The first-order valence-corrected chi connectivity index (χ1v) is 13.1. The molecule has 0 amide bonds. The third-order valence-corrected chi connectivity index (χ3v) is 8.32. The number of aromatic hydroxyl groups is 2. The maximum absolute atomic E-state index is 11.1. The van der Waals surface area contributed by atoms with Gasteiger partial charge in [0, 0.05) is 35.3 Å². The number of carbonyl (C=O) groups is 1. The molecular formula is C31H38N2O3. The maximum Gasteiger partial charge on any atom is 0.153 e. The number of anilines is 2. The Bertz CT molecular complexity index is 1320. The van der Waals surface area contributed by atoms with Crippen LogP contribution in [-0.2, 0) is 12.8 Å². The normalized spacial score (nSPS) is 20.3. The lowest BCUT2D eigenvalue weighted by Crippen LogP contribution is -2.47. The van der Waals surface area contributed by atoms with Gasteiger partial charge in [-0.1, -0.05) is 12.2 Å². The number of benzene rings is 2. The van der Waals surface area contributed by atoms with E-state index in [-0.39, 0.29) is 16.8 Å². The Balaban J connectivity index is 0.000000149. The van der Waals surface area contributed by atoms with Crippen LogP contribution in [0.4, 0.5) is 11.4 Å².